The number of aliphatic imine (C=N–C) groups is 3. The third kappa shape index (κ3) is 21.5. The van der Waals surface area contributed by atoms with Gasteiger partial charge in [0.2, 0.25) is 17.5 Å². The zero-order valence-corrected chi connectivity index (χ0v) is 43.1. The van der Waals surface area contributed by atoms with Crippen LogP contribution in [0.4, 0.5) is 35.7 Å². The zero-order valence-electron chi connectivity index (χ0n) is 37.9. The van der Waals surface area contributed by atoms with E-state index < -0.39 is 40.8 Å². The number of amidine groups is 1. The Kier molecular flexibility index (Phi) is 28.0. The number of benzene rings is 2. The molecule has 0 aliphatic rings. The Balaban J connectivity index is 0.00000124. The van der Waals surface area contributed by atoms with E-state index in [9.17, 15) is 28.4 Å². The van der Waals surface area contributed by atoms with Crippen LogP contribution < -0.4 is 51.4 Å². The predicted molar refractivity (Wildman–Crippen MR) is 256 cm³/mol. The first-order chi connectivity index (χ1) is 31.1. The molecule has 374 valence electrons. The summed E-state index contributed by atoms with van der Waals surface area (Å²) in [4.78, 5) is 47.7. The number of amides is 2. The predicted octanol–water partition coefficient (Wildman–Crippen LogP) is 7.69. The standard InChI is InChI=1S/C20H22BrFN6O5.C19H24BrFN6O4.2CH4.H2NO.Na/c1-11(24-18(29)31-20(2,3)4)6-5-9-23-16-15(25-33-26-16)17-27-32-19(30)28(17)12-7-8-14(22)13(21)10-12;1-11(23-18(28)30-19(2,3)4)6-5-9-22-16-15(26-31-27-16)17(25-29)24-12-7-8-14(21)13(20)10-12;;;1-2;/h7-8,10H,5-6,9H2,1-4H3,(H,23,26);7-8,10,29H,5-6,9H2,1-4H3,(H,22,27)(H,24,25);2*1H4;1-2H;/q;;;;-1;+1. The van der Waals surface area contributed by atoms with E-state index in [2.05, 4.69) is 83.3 Å². The summed E-state index contributed by atoms with van der Waals surface area (Å²) in [5, 5.41) is 40.6. The molecule has 2 amide bonds. The van der Waals surface area contributed by atoms with Crippen LogP contribution in [0.25, 0.3) is 23.1 Å². The van der Waals surface area contributed by atoms with Gasteiger partial charge in [-0.25, -0.2) is 42.0 Å². The van der Waals surface area contributed by atoms with Gasteiger partial charge in [0.25, 0.3) is 0 Å². The molecule has 0 spiro atoms. The summed E-state index contributed by atoms with van der Waals surface area (Å²) in [7, 11) is 0. The first-order valence-electron chi connectivity index (χ1n) is 19.5. The largest absolute Gasteiger partial charge is 1.00 e. The van der Waals surface area contributed by atoms with Crippen molar-refractivity contribution in [3.05, 3.63) is 79.1 Å². The Hall–Kier alpha value is -5.29. The number of anilines is 2. The van der Waals surface area contributed by atoms with E-state index in [1.807, 2.05) is 5.48 Å². The molecule has 0 saturated carbocycles. The minimum absolute atomic E-state index is 0. The molecule has 69 heavy (non-hydrogen) atoms. The van der Waals surface area contributed by atoms with Crippen LogP contribution in [0.1, 0.15) is 102 Å². The number of aromatic nitrogens is 6. The number of hydrogen-bond acceptors (Lipinski definition) is 18. The van der Waals surface area contributed by atoms with E-state index in [1.165, 1.54) is 36.4 Å². The number of hydroxylamine groups is 1. The molecule has 0 aliphatic carbocycles. The van der Waals surface area contributed by atoms with Crippen molar-refractivity contribution < 1.29 is 81.6 Å². The molecular formula is C41H56Br2F2N13NaO10. The minimum atomic E-state index is -0.786. The van der Waals surface area contributed by atoms with Crippen molar-refractivity contribution in [1.29, 1.82) is 0 Å². The van der Waals surface area contributed by atoms with Gasteiger partial charge in [0.15, 0.2) is 17.2 Å². The van der Waals surface area contributed by atoms with Crippen molar-refractivity contribution in [2.24, 2.45) is 15.0 Å². The molecule has 28 heteroatoms. The van der Waals surface area contributed by atoms with Crippen LogP contribution in [0.5, 0.6) is 0 Å². The molecule has 0 unspecified atom stereocenters. The van der Waals surface area contributed by atoms with Crippen molar-refractivity contribution in [3.63, 3.8) is 0 Å². The zero-order chi connectivity index (χ0) is 49.2. The van der Waals surface area contributed by atoms with Gasteiger partial charge in [-0.3, -0.25) is 15.2 Å². The van der Waals surface area contributed by atoms with E-state index in [0.29, 0.717) is 61.6 Å². The fourth-order valence-corrected chi connectivity index (χ4v) is 5.81. The van der Waals surface area contributed by atoms with E-state index >= 15 is 0 Å². The molecule has 5 rings (SSSR count). The van der Waals surface area contributed by atoms with Gasteiger partial charge in [0.05, 0.1) is 20.3 Å². The SMILES string of the molecule is C.C.CC(CCCNc1nonc1-c1noc(=O)n1-c1ccc(F)c(Br)c1)=NC(=O)OC(C)(C)C.CC(CCCNc1nonc1C(=Nc1ccc(F)c(Br)c1)NO)=NC(=O)OC(C)(C)C.[NH-]O.[Na+]. The number of hydrogen-bond donors (Lipinski definition) is 5. The molecule has 0 bridgehead atoms. The Morgan fingerprint density at radius 3 is 1.78 bits per heavy atom. The molecule has 0 atom stereocenters. The molecule has 2 aromatic carbocycles. The maximum absolute atomic E-state index is 13.6. The first-order valence-corrected chi connectivity index (χ1v) is 21.1. The van der Waals surface area contributed by atoms with Gasteiger partial charge in [0, 0.05) is 24.5 Å². The molecule has 0 saturated heterocycles. The van der Waals surface area contributed by atoms with Crippen molar-refractivity contribution in [2.75, 3.05) is 23.7 Å². The van der Waals surface area contributed by atoms with Crippen LogP contribution in [-0.2, 0) is 9.47 Å². The summed E-state index contributed by atoms with van der Waals surface area (Å²) in [6.45, 7) is 15.0. The van der Waals surface area contributed by atoms with Crippen LogP contribution in [0, 0.1) is 11.6 Å². The summed E-state index contributed by atoms with van der Waals surface area (Å²) < 4.78 is 53.1. The minimum Gasteiger partial charge on any atom is -0.553 e. The number of carbonyl (C=O) groups is 2. The fourth-order valence-electron chi connectivity index (χ4n) is 5.07. The maximum atomic E-state index is 13.6. The summed E-state index contributed by atoms with van der Waals surface area (Å²) in [5.41, 5.74) is 2.96. The average molecular weight is 1110 g/mol. The van der Waals surface area contributed by atoms with Crippen LogP contribution in [0.3, 0.4) is 0 Å². The fraction of sp³-hybridized carbons (Fsp3) is 0.439. The van der Waals surface area contributed by atoms with Gasteiger partial charge in [-0.15, -0.1) is 0 Å². The Bertz CT molecular complexity index is 2550. The molecule has 3 heterocycles. The third-order valence-electron chi connectivity index (χ3n) is 7.80. The maximum Gasteiger partial charge on any atom is 1.00 e. The quantitative estimate of drug-likeness (QED) is 0.0234. The van der Waals surface area contributed by atoms with Gasteiger partial charge in [-0.05, 0) is 170 Å². The van der Waals surface area contributed by atoms with E-state index in [-0.39, 0.29) is 88.0 Å². The van der Waals surface area contributed by atoms with Gasteiger partial charge in [-0.2, -0.15) is 9.98 Å². The second-order valence-corrected chi connectivity index (χ2v) is 17.2. The first kappa shape index (κ1) is 63.7. The number of ether oxygens (including phenoxy) is 2. The Morgan fingerprint density at radius 2 is 1.28 bits per heavy atom. The molecule has 6 N–H and O–H groups in total. The third-order valence-corrected chi connectivity index (χ3v) is 9.01. The number of halogens is 4. The molecule has 23 nitrogen and oxygen atoms in total. The van der Waals surface area contributed by atoms with Crippen LogP contribution in [0.2, 0.25) is 0 Å². The molecular weight excluding hydrogens is 1060 g/mol. The molecule has 0 radical (unpaired) electrons. The van der Waals surface area contributed by atoms with Gasteiger partial charge in [-0.1, -0.05) is 20.0 Å². The summed E-state index contributed by atoms with van der Waals surface area (Å²) in [6.07, 6.45) is 1.08. The monoisotopic (exact) mass is 1110 g/mol. The number of rotatable bonds is 14. The molecule has 3 aromatic heterocycles. The van der Waals surface area contributed by atoms with E-state index in [1.54, 1.807) is 55.4 Å². The summed E-state index contributed by atoms with van der Waals surface area (Å²) in [6, 6.07) is 8.12. The van der Waals surface area contributed by atoms with Crippen molar-refractivity contribution in [1.82, 2.24) is 35.8 Å². The second kappa shape index (κ2) is 30.3. The normalized spacial score (nSPS) is 11.6. The van der Waals surface area contributed by atoms with Crippen molar-refractivity contribution in [3.8, 4) is 17.2 Å². The van der Waals surface area contributed by atoms with Crippen LogP contribution in [0.15, 0.2) is 78.9 Å². The Labute approximate surface area is 435 Å². The topological polar surface area (TPSA) is 316 Å². The second-order valence-electron chi connectivity index (χ2n) is 15.5. The van der Waals surface area contributed by atoms with E-state index in [0.717, 1.165) is 4.57 Å². The number of carbonyl (C=O) groups excluding carboxylic acids is 2. The summed E-state index contributed by atoms with van der Waals surface area (Å²) in [5.74, 6) is 3.53. The average Bonchev–Trinajstić information content (AvgIpc) is 3.99. The molecule has 0 aliphatic heterocycles. The van der Waals surface area contributed by atoms with Crippen LogP contribution in [-0.4, -0.2) is 94.5 Å². The number of nitrogens with zero attached hydrogens (tertiary/aromatic N) is 9. The van der Waals surface area contributed by atoms with Gasteiger partial charge < -0.3 is 31.2 Å². The van der Waals surface area contributed by atoms with E-state index in [4.69, 9.17) is 34.4 Å². The molecule has 0 fully saturated rings. The van der Waals surface area contributed by atoms with Gasteiger partial charge >= 0.3 is 47.5 Å². The van der Waals surface area contributed by atoms with Crippen molar-refractivity contribution in [2.45, 2.75) is 107 Å². The number of nitrogens with one attached hydrogen (secondary N) is 4. The molecule has 5 aromatic rings. The van der Waals surface area contributed by atoms with Crippen molar-refractivity contribution >= 4 is 78.6 Å². The Morgan fingerprint density at radius 1 is 0.783 bits per heavy atom. The van der Waals surface area contributed by atoms with Crippen LogP contribution >= 0.6 is 31.9 Å². The smallest absolute Gasteiger partial charge is 0.553 e. The summed E-state index contributed by atoms with van der Waals surface area (Å²) >= 11 is 6.17. The van der Waals surface area contributed by atoms with Gasteiger partial charge in [0.1, 0.15) is 22.8 Å².